The molecule has 3 heterocycles. The van der Waals surface area contributed by atoms with Crippen molar-refractivity contribution in [3.05, 3.63) is 24.3 Å². The smallest absolute Gasteiger partial charge is 0.250 e. The van der Waals surface area contributed by atoms with Crippen LogP contribution in [0.25, 0.3) is 0 Å². The number of amides is 1. The summed E-state index contributed by atoms with van der Waals surface area (Å²) in [5.41, 5.74) is 1.44. The average Bonchev–Trinajstić information content (AvgIpc) is 2.81. The van der Waals surface area contributed by atoms with Gasteiger partial charge in [-0.2, -0.15) is 15.0 Å². The van der Waals surface area contributed by atoms with Crippen LogP contribution in [0.4, 0.5) is 29.2 Å². The number of rotatable bonds is 6. The Hall–Kier alpha value is -2.81. The van der Waals surface area contributed by atoms with E-state index in [1.807, 2.05) is 12.1 Å². The largest absolute Gasteiger partial charge is 0.387 e. The highest BCUT2D eigenvalue weighted by Gasteiger charge is 2.20. The van der Waals surface area contributed by atoms with Gasteiger partial charge in [-0.1, -0.05) is 0 Å². The van der Waals surface area contributed by atoms with E-state index in [0.717, 1.165) is 69.4 Å². The van der Waals surface area contributed by atoms with Gasteiger partial charge in [0.05, 0.1) is 0 Å². The van der Waals surface area contributed by atoms with Crippen molar-refractivity contribution in [2.24, 2.45) is 0 Å². The monoisotopic (exact) mass is 523 g/mol. The fourth-order valence-corrected chi connectivity index (χ4v) is 3.85. The number of aliphatic hydroxyl groups excluding tert-OH is 1. The minimum atomic E-state index is -0.538. The van der Waals surface area contributed by atoms with Crippen molar-refractivity contribution in [1.82, 2.24) is 39.6 Å². The Balaban J connectivity index is -0.000000302. The number of nitrogens with one attached hydrogen (secondary N) is 2. The van der Waals surface area contributed by atoms with Gasteiger partial charge < -0.3 is 50.1 Å². The number of nitrogens with zero attached hydrogens (tertiary/aromatic N) is 5. The number of aromatic nitrogens is 3. The molecule has 1 aromatic carbocycles. The number of halogens is 1. The maximum absolute atomic E-state index is 11.3. The van der Waals surface area contributed by atoms with Gasteiger partial charge in [0.2, 0.25) is 23.8 Å². The molecule has 2 aliphatic rings. The first-order valence-electron chi connectivity index (χ1n) is 10.7. The third kappa shape index (κ3) is 9.39. The van der Waals surface area contributed by atoms with Crippen LogP contribution in [0.5, 0.6) is 0 Å². The van der Waals surface area contributed by atoms with Crippen LogP contribution in [0.3, 0.4) is 0 Å². The quantitative estimate of drug-likeness (QED) is 0.274. The second-order valence-corrected chi connectivity index (χ2v) is 7.76. The number of carbonyl (C=O) groups excluding carboxylic acids is 1. The molecule has 1 amide bonds. The fraction of sp³-hybridized carbons (Fsp3) is 0.524. The van der Waals surface area contributed by atoms with Gasteiger partial charge in [0, 0.05) is 43.3 Å². The Morgan fingerprint density at radius 1 is 0.771 bits per heavy atom. The second kappa shape index (κ2) is 16.8. The molecule has 0 radical (unpaired) electrons. The number of aliphatic hydroxyl groups is 1. The van der Waals surface area contributed by atoms with Crippen molar-refractivity contribution in [2.75, 3.05) is 53.2 Å². The molecule has 0 spiro atoms. The third-order valence-electron chi connectivity index (χ3n) is 5.46. The van der Waals surface area contributed by atoms with E-state index in [4.69, 9.17) is 20.1 Å². The SMILES string of the molecule is Cl.N.N.N.N.O=C(CO)Nc1ccc(Nc2nc(N3CCCCC3)nc(N3CCCCC3)n2)cc1.[HH].[HH].[HH].[HH]. The summed E-state index contributed by atoms with van der Waals surface area (Å²) in [5.74, 6) is 1.56. The average molecular weight is 524 g/mol. The number of carbonyl (C=O) groups is 1. The van der Waals surface area contributed by atoms with Crippen molar-refractivity contribution < 1.29 is 15.6 Å². The molecule has 2 aromatic rings. The Morgan fingerprint density at radius 2 is 1.20 bits per heavy atom. The minimum Gasteiger partial charge on any atom is -0.387 e. The molecule has 35 heavy (non-hydrogen) atoms. The highest BCUT2D eigenvalue weighted by Crippen LogP contribution is 2.24. The molecule has 2 saturated heterocycles. The Kier molecular flexibility index (Phi) is 16.4. The van der Waals surface area contributed by atoms with Gasteiger partial charge in [0.15, 0.2) is 0 Å². The molecule has 2 aliphatic heterocycles. The first kappa shape index (κ1) is 34.4. The Morgan fingerprint density at radius 3 is 1.63 bits per heavy atom. The molecular weight excluding hydrogens is 474 g/mol. The molecule has 4 rings (SSSR count). The molecule has 208 valence electrons. The normalized spacial score (nSPS) is 14.5. The van der Waals surface area contributed by atoms with Gasteiger partial charge in [-0.25, -0.2) is 0 Å². The molecule has 0 saturated carbocycles. The van der Waals surface area contributed by atoms with Gasteiger partial charge in [-0.05, 0) is 62.8 Å². The second-order valence-electron chi connectivity index (χ2n) is 7.76. The zero-order chi connectivity index (χ0) is 20.8. The summed E-state index contributed by atoms with van der Waals surface area (Å²) >= 11 is 0. The van der Waals surface area contributed by atoms with E-state index in [2.05, 4.69) is 20.4 Å². The molecule has 0 atom stereocenters. The molecule has 14 heteroatoms. The summed E-state index contributed by atoms with van der Waals surface area (Å²) in [6.45, 7) is 3.36. The summed E-state index contributed by atoms with van der Waals surface area (Å²) in [7, 11) is 0. The van der Waals surface area contributed by atoms with Crippen LogP contribution < -0.4 is 45.0 Å². The zero-order valence-electron chi connectivity index (χ0n) is 20.4. The molecule has 0 unspecified atom stereocenters. The summed E-state index contributed by atoms with van der Waals surface area (Å²) < 4.78 is 0. The van der Waals surface area contributed by atoms with Gasteiger partial charge in [-0.3, -0.25) is 4.79 Å². The van der Waals surface area contributed by atoms with Crippen molar-refractivity contribution in [3.8, 4) is 0 Å². The Labute approximate surface area is 219 Å². The molecule has 0 aliphatic carbocycles. The van der Waals surface area contributed by atoms with Crippen LogP contribution in [-0.2, 0) is 4.79 Å². The van der Waals surface area contributed by atoms with E-state index >= 15 is 0 Å². The summed E-state index contributed by atoms with van der Waals surface area (Å²) in [6, 6.07) is 7.23. The number of hydrogen-bond donors (Lipinski definition) is 7. The van der Waals surface area contributed by atoms with E-state index in [1.165, 1.54) is 12.8 Å². The molecule has 1 aromatic heterocycles. The van der Waals surface area contributed by atoms with Crippen molar-refractivity contribution in [3.63, 3.8) is 0 Å². The van der Waals surface area contributed by atoms with E-state index in [0.29, 0.717) is 11.6 Å². The van der Waals surface area contributed by atoms with Crippen LogP contribution in [0.2, 0.25) is 0 Å². The van der Waals surface area contributed by atoms with Crippen molar-refractivity contribution >= 4 is 47.5 Å². The first-order chi connectivity index (χ1) is 14.7. The van der Waals surface area contributed by atoms with Crippen molar-refractivity contribution in [2.45, 2.75) is 38.5 Å². The highest BCUT2D eigenvalue weighted by atomic mass is 35.5. The highest BCUT2D eigenvalue weighted by molar-refractivity contribution is 5.91. The summed E-state index contributed by atoms with van der Waals surface area (Å²) in [6.07, 6.45) is 7.15. The molecule has 13 nitrogen and oxygen atoms in total. The predicted molar refractivity (Wildman–Crippen MR) is 153 cm³/mol. The molecule has 2 fully saturated rings. The van der Waals surface area contributed by atoms with Gasteiger partial charge in [0.1, 0.15) is 6.61 Å². The van der Waals surface area contributed by atoms with Crippen LogP contribution in [0, 0.1) is 0 Å². The number of anilines is 5. The topological polar surface area (TPSA) is 247 Å². The van der Waals surface area contributed by atoms with E-state index in [-0.39, 0.29) is 42.7 Å². The molecular formula is C21H50ClN11O2. The lowest BCUT2D eigenvalue weighted by Gasteiger charge is -2.30. The molecule has 0 bridgehead atoms. The maximum Gasteiger partial charge on any atom is 0.250 e. The lowest BCUT2D eigenvalue weighted by molar-refractivity contribution is -0.118. The van der Waals surface area contributed by atoms with Gasteiger partial charge in [-0.15, -0.1) is 12.4 Å². The standard InChI is InChI=1S/C21H29N7O2.ClH.4H3N.4H2/c29-15-18(30)22-16-7-9-17(10-8-16)23-19-24-20(27-11-3-1-4-12-27)26-21(25-19)28-13-5-2-6-14-28;;;;;;;;;/h7-10,29H,1-6,11-15H2,(H,22,30)(H,23,24,25,26);1H;4*1H3;4*1H. The lowest BCUT2D eigenvalue weighted by Crippen LogP contribution is -2.34. The predicted octanol–water partition coefficient (Wildman–Crippen LogP) is 4.58. The fourth-order valence-electron chi connectivity index (χ4n) is 3.85. The number of hydrogen-bond acceptors (Lipinski definition) is 12. The minimum absolute atomic E-state index is 0. The third-order valence-corrected chi connectivity index (χ3v) is 5.46. The van der Waals surface area contributed by atoms with Gasteiger partial charge >= 0.3 is 0 Å². The van der Waals surface area contributed by atoms with E-state index in [1.54, 1.807) is 12.1 Å². The van der Waals surface area contributed by atoms with Gasteiger partial charge in [0.25, 0.3) is 0 Å². The van der Waals surface area contributed by atoms with E-state index in [9.17, 15) is 4.79 Å². The van der Waals surface area contributed by atoms with Crippen LogP contribution in [0.1, 0.15) is 44.2 Å². The maximum atomic E-state index is 11.3. The van der Waals surface area contributed by atoms with Crippen LogP contribution in [-0.4, -0.2) is 58.8 Å². The van der Waals surface area contributed by atoms with Crippen molar-refractivity contribution in [1.29, 1.82) is 0 Å². The first-order valence-corrected chi connectivity index (χ1v) is 10.7. The van der Waals surface area contributed by atoms with E-state index < -0.39 is 12.5 Å². The lowest BCUT2D eigenvalue weighted by atomic mass is 10.1. The number of benzene rings is 1. The summed E-state index contributed by atoms with van der Waals surface area (Å²) in [4.78, 5) is 30.0. The summed E-state index contributed by atoms with van der Waals surface area (Å²) in [5, 5.41) is 14.8. The van der Waals surface area contributed by atoms with Crippen LogP contribution >= 0.6 is 12.4 Å². The number of piperidine rings is 2. The Bertz CT molecular complexity index is 843. The van der Waals surface area contributed by atoms with Crippen LogP contribution in [0.15, 0.2) is 24.3 Å². The zero-order valence-corrected chi connectivity index (χ0v) is 21.2. The molecule has 15 N–H and O–H groups in total.